The highest BCUT2D eigenvalue weighted by Gasteiger charge is 2.10. The second-order valence-electron chi connectivity index (χ2n) is 3.72. The lowest BCUT2D eigenvalue weighted by Gasteiger charge is -2.08. The van der Waals surface area contributed by atoms with Crippen LogP contribution in [0.15, 0.2) is 28.9 Å². The van der Waals surface area contributed by atoms with Crippen molar-refractivity contribution < 1.29 is 0 Å². The molecule has 0 fully saturated rings. The lowest BCUT2D eigenvalue weighted by Crippen LogP contribution is -1.97. The molecule has 0 saturated heterocycles. The molecule has 0 amide bonds. The van der Waals surface area contributed by atoms with Crippen molar-refractivity contribution in [2.45, 2.75) is 0 Å². The first-order chi connectivity index (χ1) is 9.13. The topological polar surface area (TPSA) is 66.5 Å². The van der Waals surface area contributed by atoms with E-state index in [1.165, 1.54) is 0 Å². The number of halogens is 3. The molecule has 3 aromatic rings. The number of anilines is 2. The number of rotatable bonds is 2. The van der Waals surface area contributed by atoms with Crippen LogP contribution in [0.2, 0.25) is 10.3 Å². The monoisotopic (exact) mass is 357 g/mol. The molecule has 0 atom stereocenters. The summed E-state index contributed by atoms with van der Waals surface area (Å²) in [5.41, 5.74) is 1.40. The minimum Gasteiger partial charge on any atom is -0.339 e. The van der Waals surface area contributed by atoms with Gasteiger partial charge >= 0.3 is 0 Å². The third kappa shape index (κ3) is 2.51. The average molecular weight is 359 g/mol. The molecule has 0 radical (unpaired) electrons. The van der Waals surface area contributed by atoms with E-state index in [-0.39, 0.29) is 5.28 Å². The molecule has 3 rings (SSSR count). The van der Waals surface area contributed by atoms with E-state index in [4.69, 9.17) is 23.2 Å². The van der Waals surface area contributed by atoms with Gasteiger partial charge in [-0.15, -0.1) is 0 Å². The van der Waals surface area contributed by atoms with Gasteiger partial charge in [-0.2, -0.15) is 15.1 Å². The maximum absolute atomic E-state index is 5.90. The third-order valence-electron chi connectivity index (χ3n) is 2.47. The predicted octanol–water partition coefficient (Wildman–Crippen LogP) is 4.17. The molecule has 0 aliphatic rings. The zero-order valence-corrected chi connectivity index (χ0v) is 12.4. The molecule has 5 nitrogen and oxygen atoms in total. The van der Waals surface area contributed by atoms with E-state index < -0.39 is 0 Å². The van der Waals surface area contributed by atoms with Gasteiger partial charge in [-0.05, 0) is 45.7 Å². The first-order valence-corrected chi connectivity index (χ1v) is 6.77. The number of hydrogen-bond acceptors (Lipinski definition) is 4. The Bertz CT molecular complexity index is 758. The summed E-state index contributed by atoms with van der Waals surface area (Å²) < 4.78 is 0.825. The minimum atomic E-state index is 0.143. The summed E-state index contributed by atoms with van der Waals surface area (Å²) in [6.07, 6.45) is 1.64. The Kier molecular flexibility index (Phi) is 3.30. The van der Waals surface area contributed by atoms with Crippen LogP contribution in [0, 0.1) is 0 Å². The number of nitrogens with one attached hydrogen (secondary N) is 2. The molecule has 0 aliphatic carbocycles. The van der Waals surface area contributed by atoms with Crippen LogP contribution < -0.4 is 5.32 Å². The summed E-state index contributed by atoms with van der Waals surface area (Å²) in [5.74, 6) is 0.576. The van der Waals surface area contributed by atoms with Crippen LogP contribution in [-0.4, -0.2) is 20.2 Å². The Morgan fingerprint density at radius 2 is 2.05 bits per heavy atom. The van der Waals surface area contributed by atoms with E-state index in [9.17, 15) is 0 Å². The van der Waals surface area contributed by atoms with Gasteiger partial charge in [0.2, 0.25) is 5.28 Å². The average Bonchev–Trinajstić information content (AvgIpc) is 2.80. The lowest BCUT2D eigenvalue weighted by atomic mass is 10.3. The number of aromatic amines is 1. The Labute approximate surface area is 126 Å². The van der Waals surface area contributed by atoms with E-state index in [1.807, 2.05) is 6.07 Å². The smallest absolute Gasteiger partial charge is 0.226 e. The first-order valence-electron chi connectivity index (χ1n) is 5.22. The fourth-order valence-electron chi connectivity index (χ4n) is 1.62. The summed E-state index contributed by atoms with van der Waals surface area (Å²) in [7, 11) is 0. The van der Waals surface area contributed by atoms with E-state index in [0.29, 0.717) is 16.5 Å². The van der Waals surface area contributed by atoms with E-state index in [1.54, 1.807) is 18.3 Å². The predicted molar refractivity (Wildman–Crippen MR) is 79.1 cm³/mol. The molecule has 2 N–H and O–H groups in total. The zero-order valence-electron chi connectivity index (χ0n) is 9.28. The highest BCUT2D eigenvalue weighted by atomic mass is 79.9. The zero-order chi connectivity index (χ0) is 13.4. The van der Waals surface area contributed by atoms with Crippen LogP contribution in [0.4, 0.5) is 11.5 Å². The van der Waals surface area contributed by atoms with Gasteiger partial charge < -0.3 is 5.32 Å². The number of hydrogen-bond donors (Lipinski definition) is 2. The van der Waals surface area contributed by atoms with Crippen molar-refractivity contribution in [2.24, 2.45) is 0 Å². The fraction of sp³-hybridized carbons (Fsp3) is 0. The van der Waals surface area contributed by atoms with Crippen molar-refractivity contribution >= 4 is 61.7 Å². The van der Waals surface area contributed by atoms with Crippen molar-refractivity contribution in [3.63, 3.8) is 0 Å². The Balaban J connectivity index is 2.07. The minimum absolute atomic E-state index is 0.143. The molecule has 1 aromatic carbocycles. The van der Waals surface area contributed by atoms with Crippen LogP contribution in [0.5, 0.6) is 0 Å². The normalized spacial score (nSPS) is 10.9. The Morgan fingerprint density at radius 3 is 2.84 bits per heavy atom. The second-order valence-corrected chi connectivity index (χ2v) is 5.35. The number of H-pyrrole nitrogens is 1. The quantitative estimate of drug-likeness (QED) is 0.675. The first kappa shape index (κ1) is 12.7. The van der Waals surface area contributed by atoms with Gasteiger partial charge in [-0.3, -0.25) is 5.10 Å². The van der Waals surface area contributed by atoms with Gasteiger partial charge in [-0.1, -0.05) is 11.6 Å². The van der Waals surface area contributed by atoms with E-state index in [0.717, 1.165) is 15.5 Å². The molecule has 8 heteroatoms. The maximum Gasteiger partial charge on any atom is 0.226 e. The van der Waals surface area contributed by atoms with E-state index in [2.05, 4.69) is 41.4 Å². The summed E-state index contributed by atoms with van der Waals surface area (Å²) in [6.45, 7) is 0. The Morgan fingerprint density at radius 1 is 1.21 bits per heavy atom. The molecule has 0 saturated carbocycles. The van der Waals surface area contributed by atoms with Crippen LogP contribution in [0.25, 0.3) is 11.0 Å². The van der Waals surface area contributed by atoms with Gasteiger partial charge in [0.1, 0.15) is 5.82 Å². The van der Waals surface area contributed by atoms with Crippen molar-refractivity contribution in [3.05, 3.63) is 39.2 Å². The SMILES string of the molecule is Clc1ccc(Nc2nc(Cl)nc3[nH]ncc23)c(Br)c1. The highest BCUT2D eigenvalue weighted by Crippen LogP contribution is 2.30. The molecule has 0 aliphatic heterocycles. The molecular weight excluding hydrogens is 353 g/mol. The van der Waals surface area contributed by atoms with Crippen LogP contribution in [0.3, 0.4) is 0 Å². The molecule has 19 heavy (non-hydrogen) atoms. The standard InChI is InChI=1S/C11H6BrCl2N5/c12-7-3-5(13)1-2-8(7)16-9-6-4-15-19-10(6)18-11(14)17-9/h1-4H,(H2,15,16,17,18,19). The van der Waals surface area contributed by atoms with Gasteiger partial charge in [0, 0.05) is 9.50 Å². The molecule has 2 aromatic heterocycles. The number of aromatic nitrogens is 4. The fourth-order valence-corrected chi connectivity index (χ4v) is 2.57. The van der Waals surface area contributed by atoms with Crippen molar-refractivity contribution in [3.8, 4) is 0 Å². The molecule has 2 heterocycles. The van der Waals surface area contributed by atoms with Gasteiger partial charge in [-0.25, -0.2) is 0 Å². The Hall–Kier alpha value is -1.37. The third-order valence-corrected chi connectivity index (χ3v) is 3.53. The summed E-state index contributed by atoms with van der Waals surface area (Å²) in [6, 6.07) is 5.41. The van der Waals surface area contributed by atoms with Crippen LogP contribution in [0.1, 0.15) is 0 Å². The number of nitrogens with zero attached hydrogens (tertiary/aromatic N) is 3. The van der Waals surface area contributed by atoms with Gasteiger partial charge in [0.25, 0.3) is 0 Å². The molecule has 96 valence electrons. The van der Waals surface area contributed by atoms with Gasteiger partial charge in [0.15, 0.2) is 5.65 Å². The second kappa shape index (κ2) is 4.96. The molecule has 0 unspecified atom stereocenters. The summed E-state index contributed by atoms with van der Waals surface area (Å²) in [5, 5.41) is 11.4. The maximum atomic E-state index is 5.90. The van der Waals surface area contributed by atoms with Crippen molar-refractivity contribution in [1.82, 2.24) is 20.2 Å². The van der Waals surface area contributed by atoms with Gasteiger partial charge in [0.05, 0.1) is 17.3 Å². The van der Waals surface area contributed by atoms with E-state index >= 15 is 0 Å². The van der Waals surface area contributed by atoms with Crippen molar-refractivity contribution in [2.75, 3.05) is 5.32 Å². The number of fused-ring (bicyclic) bond motifs is 1. The summed E-state index contributed by atoms with van der Waals surface area (Å²) in [4.78, 5) is 8.20. The molecule has 0 bridgehead atoms. The molecule has 0 spiro atoms. The van der Waals surface area contributed by atoms with Crippen LogP contribution in [-0.2, 0) is 0 Å². The number of benzene rings is 1. The largest absolute Gasteiger partial charge is 0.339 e. The highest BCUT2D eigenvalue weighted by molar-refractivity contribution is 9.10. The lowest BCUT2D eigenvalue weighted by molar-refractivity contribution is 1.09. The molecular formula is C11H6BrCl2N5. The van der Waals surface area contributed by atoms with Crippen molar-refractivity contribution in [1.29, 1.82) is 0 Å². The van der Waals surface area contributed by atoms with Crippen LogP contribution >= 0.6 is 39.1 Å². The summed E-state index contributed by atoms with van der Waals surface area (Å²) >= 11 is 15.2.